The summed E-state index contributed by atoms with van der Waals surface area (Å²) in [4.78, 5) is 12.4. The zero-order chi connectivity index (χ0) is 19.6. The fourth-order valence-electron chi connectivity index (χ4n) is 2.04. The van der Waals surface area contributed by atoms with E-state index in [1.807, 2.05) is 0 Å². The van der Waals surface area contributed by atoms with Crippen molar-refractivity contribution < 1.29 is 22.7 Å². The molecule has 2 rings (SSSR count). The number of amides is 1. The molecule has 1 aromatic carbocycles. The summed E-state index contributed by atoms with van der Waals surface area (Å²) in [5, 5.41) is 9.07. The lowest BCUT2D eigenvalue weighted by Gasteiger charge is -2.15. The van der Waals surface area contributed by atoms with Crippen LogP contribution in [-0.4, -0.2) is 33.0 Å². The van der Waals surface area contributed by atoms with Gasteiger partial charge in [0.2, 0.25) is 11.7 Å². The molecule has 0 saturated heterocycles. The Hall–Kier alpha value is -1.94. The van der Waals surface area contributed by atoms with Gasteiger partial charge >= 0.3 is 6.18 Å². The summed E-state index contributed by atoms with van der Waals surface area (Å²) in [6.07, 6.45) is -4.61. The molecule has 0 aliphatic rings. The minimum Gasteiger partial charge on any atom is -0.495 e. The minimum atomic E-state index is -4.61. The molecule has 142 valence electrons. The van der Waals surface area contributed by atoms with Gasteiger partial charge in [0.1, 0.15) is 5.75 Å². The highest BCUT2D eigenvalue weighted by Crippen LogP contribution is 2.33. The largest absolute Gasteiger partial charge is 0.495 e. The topological polar surface area (TPSA) is 69.0 Å². The Bertz CT molecular complexity index is 826. The predicted octanol–water partition coefficient (Wildman–Crippen LogP) is 3.92. The lowest BCUT2D eigenvalue weighted by Crippen LogP contribution is -2.23. The number of anilines is 1. The van der Waals surface area contributed by atoms with Gasteiger partial charge in [-0.15, -0.1) is 10.2 Å². The summed E-state index contributed by atoms with van der Waals surface area (Å²) in [6, 6.07) is 3.23. The maximum absolute atomic E-state index is 12.8. The second-order valence-corrected chi connectivity index (χ2v) is 7.13. The van der Waals surface area contributed by atoms with Crippen LogP contribution in [0.5, 0.6) is 5.75 Å². The number of nitrogens with zero attached hydrogens (tertiary/aromatic N) is 3. The molecule has 1 aromatic heterocycles. The number of alkyl halides is 3. The van der Waals surface area contributed by atoms with E-state index in [9.17, 15) is 18.0 Å². The summed E-state index contributed by atoms with van der Waals surface area (Å²) < 4.78 is 44.3. The number of rotatable bonds is 5. The SMILES string of the molecule is COc1cc(Cl)c(C)cc1NC(=O)[C@@H](C)Sc1nnc(C(F)(F)F)n1C. The number of carbonyl (C=O) groups is 1. The first-order chi connectivity index (χ1) is 12.0. The molecule has 0 aliphatic heterocycles. The molecule has 0 fully saturated rings. The van der Waals surface area contributed by atoms with Gasteiger partial charge in [-0.05, 0) is 25.5 Å². The number of halogens is 4. The van der Waals surface area contributed by atoms with Crippen LogP contribution in [0.3, 0.4) is 0 Å². The maximum Gasteiger partial charge on any atom is 0.451 e. The van der Waals surface area contributed by atoms with E-state index in [1.165, 1.54) is 14.2 Å². The van der Waals surface area contributed by atoms with E-state index in [-0.39, 0.29) is 5.16 Å². The van der Waals surface area contributed by atoms with E-state index in [1.54, 1.807) is 26.0 Å². The van der Waals surface area contributed by atoms with Crippen LogP contribution in [0.4, 0.5) is 18.9 Å². The Labute approximate surface area is 157 Å². The summed E-state index contributed by atoms with van der Waals surface area (Å²) in [5.41, 5.74) is 1.16. The smallest absolute Gasteiger partial charge is 0.451 e. The highest BCUT2D eigenvalue weighted by atomic mass is 35.5. The average Bonchev–Trinajstić information content (AvgIpc) is 2.91. The van der Waals surface area contributed by atoms with E-state index >= 15 is 0 Å². The number of hydrogen-bond donors (Lipinski definition) is 1. The molecule has 1 N–H and O–H groups in total. The summed E-state index contributed by atoms with van der Waals surface area (Å²) in [7, 11) is 2.63. The van der Waals surface area contributed by atoms with Crippen LogP contribution >= 0.6 is 23.4 Å². The molecular weight excluding hydrogens is 393 g/mol. The first-order valence-corrected chi connectivity index (χ1v) is 8.58. The second-order valence-electron chi connectivity index (χ2n) is 5.41. The van der Waals surface area contributed by atoms with Crippen molar-refractivity contribution in [2.45, 2.75) is 30.4 Å². The van der Waals surface area contributed by atoms with Crippen LogP contribution in [0, 0.1) is 6.92 Å². The van der Waals surface area contributed by atoms with Crippen LogP contribution in [0.2, 0.25) is 5.02 Å². The molecule has 6 nitrogen and oxygen atoms in total. The van der Waals surface area contributed by atoms with Crippen molar-refractivity contribution in [2.75, 3.05) is 12.4 Å². The molecule has 0 aliphatic carbocycles. The standard InChI is InChI=1S/C15H16ClF3N4O2S/c1-7-5-10(11(25-4)6-9(7)16)20-12(24)8(2)26-14-22-21-13(23(14)3)15(17,18)19/h5-6,8H,1-4H3,(H,20,24)/t8-/m1/s1. The Kier molecular flexibility index (Phi) is 6.07. The van der Waals surface area contributed by atoms with E-state index in [2.05, 4.69) is 15.5 Å². The Morgan fingerprint density at radius 3 is 2.58 bits per heavy atom. The van der Waals surface area contributed by atoms with Gasteiger partial charge in [-0.2, -0.15) is 13.2 Å². The highest BCUT2D eigenvalue weighted by molar-refractivity contribution is 8.00. The molecular formula is C15H16ClF3N4O2S. The van der Waals surface area contributed by atoms with Crippen LogP contribution < -0.4 is 10.1 Å². The molecule has 1 atom stereocenters. The van der Waals surface area contributed by atoms with Gasteiger partial charge in [0.05, 0.1) is 18.0 Å². The molecule has 11 heteroatoms. The molecule has 2 aromatic rings. The van der Waals surface area contributed by atoms with Gasteiger partial charge in [-0.25, -0.2) is 0 Å². The van der Waals surface area contributed by atoms with Gasteiger partial charge in [0.15, 0.2) is 5.16 Å². The second kappa shape index (κ2) is 7.75. The van der Waals surface area contributed by atoms with E-state index < -0.39 is 23.2 Å². The molecule has 1 heterocycles. The predicted molar refractivity (Wildman–Crippen MR) is 92.7 cm³/mol. The first-order valence-electron chi connectivity index (χ1n) is 7.32. The van der Waals surface area contributed by atoms with Crippen molar-refractivity contribution in [1.29, 1.82) is 0 Å². The number of hydrogen-bond acceptors (Lipinski definition) is 5. The number of nitrogens with one attached hydrogen (secondary N) is 1. The third-order valence-electron chi connectivity index (χ3n) is 3.48. The molecule has 0 saturated carbocycles. The third-order valence-corrected chi connectivity index (χ3v) is 5.02. The van der Waals surface area contributed by atoms with Crippen LogP contribution in [0.25, 0.3) is 0 Å². The molecule has 1 amide bonds. The van der Waals surface area contributed by atoms with E-state index in [0.29, 0.717) is 16.5 Å². The fourth-order valence-corrected chi connectivity index (χ4v) is 3.01. The average molecular weight is 409 g/mol. The van der Waals surface area contributed by atoms with Crippen LogP contribution in [-0.2, 0) is 18.0 Å². The Morgan fingerprint density at radius 1 is 1.38 bits per heavy atom. The van der Waals surface area contributed by atoms with Gasteiger partial charge in [0, 0.05) is 18.1 Å². The quantitative estimate of drug-likeness (QED) is 0.759. The van der Waals surface area contributed by atoms with Crippen molar-refractivity contribution in [3.63, 3.8) is 0 Å². The zero-order valence-electron chi connectivity index (χ0n) is 14.3. The molecule has 26 heavy (non-hydrogen) atoms. The lowest BCUT2D eigenvalue weighted by atomic mass is 10.2. The van der Waals surface area contributed by atoms with Crippen molar-refractivity contribution in [2.24, 2.45) is 7.05 Å². The van der Waals surface area contributed by atoms with Gasteiger partial charge in [-0.3, -0.25) is 4.79 Å². The van der Waals surface area contributed by atoms with Gasteiger partial charge in [0.25, 0.3) is 0 Å². The van der Waals surface area contributed by atoms with Crippen molar-refractivity contribution in [1.82, 2.24) is 14.8 Å². The lowest BCUT2D eigenvalue weighted by molar-refractivity contribution is -0.147. The van der Waals surface area contributed by atoms with Crippen molar-refractivity contribution in [3.8, 4) is 5.75 Å². The molecule has 0 spiro atoms. The van der Waals surface area contributed by atoms with Crippen LogP contribution in [0.1, 0.15) is 18.3 Å². The Balaban J connectivity index is 2.14. The van der Waals surface area contributed by atoms with E-state index in [4.69, 9.17) is 16.3 Å². The number of carbonyl (C=O) groups excluding carboxylic acids is 1. The minimum absolute atomic E-state index is 0.0146. The van der Waals surface area contributed by atoms with Crippen molar-refractivity contribution in [3.05, 3.63) is 28.5 Å². The van der Waals surface area contributed by atoms with Gasteiger partial charge < -0.3 is 14.6 Å². The maximum atomic E-state index is 12.8. The number of aromatic nitrogens is 3. The number of benzene rings is 1. The van der Waals surface area contributed by atoms with E-state index in [0.717, 1.165) is 21.9 Å². The first kappa shape index (κ1) is 20.4. The molecule has 0 unspecified atom stereocenters. The number of aryl methyl sites for hydroxylation is 1. The molecule has 0 radical (unpaired) electrons. The van der Waals surface area contributed by atoms with Crippen molar-refractivity contribution >= 4 is 35.0 Å². The summed E-state index contributed by atoms with van der Waals surface area (Å²) in [5.74, 6) is -1.17. The Morgan fingerprint density at radius 2 is 2.04 bits per heavy atom. The van der Waals surface area contributed by atoms with Gasteiger partial charge in [-0.1, -0.05) is 23.4 Å². The normalized spacial score (nSPS) is 12.8. The monoisotopic (exact) mass is 408 g/mol. The summed E-state index contributed by atoms with van der Waals surface area (Å²) >= 11 is 6.89. The number of thioether (sulfide) groups is 1. The number of ether oxygens (including phenoxy) is 1. The fraction of sp³-hybridized carbons (Fsp3) is 0.400. The molecule has 0 bridgehead atoms. The zero-order valence-corrected chi connectivity index (χ0v) is 15.9. The van der Waals surface area contributed by atoms with Crippen LogP contribution in [0.15, 0.2) is 17.3 Å². The highest BCUT2D eigenvalue weighted by Gasteiger charge is 2.38. The third kappa shape index (κ3) is 4.42. The summed E-state index contributed by atoms with van der Waals surface area (Å²) in [6.45, 7) is 3.32. The number of methoxy groups -OCH3 is 1.